The molecule has 0 aromatic rings. The first-order valence-corrected chi connectivity index (χ1v) is 4.84. The van der Waals surface area contributed by atoms with Crippen LogP contribution in [-0.2, 0) is 3.82 Å². The summed E-state index contributed by atoms with van der Waals surface area (Å²) in [5.41, 5.74) is -0.442. The number of thioether (sulfide) groups is 1. The number of hydrogen-bond acceptors (Lipinski definition) is 5. The molecule has 1 aliphatic rings. The molecule has 11 heavy (non-hydrogen) atoms. The van der Waals surface area contributed by atoms with Crippen molar-refractivity contribution in [1.29, 1.82) is 0 Å². The monoisotopic (exact) mass is 246 g/mol. The van der Waals surface area contributed by atoms with Gasteiger partial charge < -0.3 is 0 Å². The summed E-state index contributed by atoms with van der Waals surface area (Å²) in [6.07, 6.45) is -1.79. The molecule has 0 spiro atoms. The van der Waals surface area contributed by atoms with Crippen molar-refractivity contribution in [1.82, 2.24) is 0 Å². The van der Waals surface area contributed by atoms with Crippen LogP contribution in [0.2, 0.25) is 0 Å². The molecule has 0 radical (unpaired) electrons. The van der Waals surface area contributed by atoms with Gasteiger partial charge in [0.1, 0.15) is 0 Å². The van der Waals surface area contributed by atoms with Crippen LogP contribution in [0.4, 0.5) is 0 Å². The van der Waals surface area contributed by atoms with E-state index < -0.39 is 17.6 Å². The number of aliphatic hydroxyl groups excluding tert-OH is 3. The predicted octanol–water partition coefficient (Wildman–Crippen LogP) is -2.03. The molecular formula is C5H10O4SSe. The third-order valence-electron chi connectivity index (χ3n) is 1.60. The Labute approximate surface area is 77.1 Å². The van der Waals surface area contributed by atoms with Crippen LogP contribution in [0.1, 0.15) is 0 Å². The quantitative estimate of drug-likeness (QED) is 0.490. The summed E-state index contributed by atoms with van der Waals surface area (Å²) in [6, 6.07) is 0. The van der Waals surface area contributed by atoms with Crippen molar-refractivity contribution in [3.8, 4) is 0 Å². The normalized spacial score (nSPS) is 44.7. The van der Waals surface area contributed by atoms with E-state index in [9.17, 15) is 10.2 Å². The minimum atomic E-state index is -0.903. The summed E-state index contributed by atoms with van der Waals surface area (Å²) in [4.78, 5) is 0. The molecule has 4 nitrogen and oxygen atoms in total. The minimum absolute atomic E-state index is 0.143. The van der Waals surface area contributed by atoms with Crippen LogP contribution in [0.25, 0.3) is 0 Å². The van der Waals surface area contributed by atoms with Gasteiger partial charge in [0.15, 0.2) is 0 Å². The first kappa shape index (κ1) is 9.79. The summed E-state index contributed by atoms with van der Waals surface area (Å²) in [5.74, 6) is 0. The molecule has 1 aliphatic heterocycles. The summed E-state index contributed by atoms with van der Waals surface area (Å²) < 4.78 is 4.81. The molecule has 1 saturated heterocycles. The van der Waals surface area contributed by atoms with Gasteiger partial charge in [-0.05, 0) is 0 Å². The average Bonchev–Trinajstić information content (AvgIpc) is 2.30. The summed E-state index contributed by atoms with van der Waals surface area (Å²) >= 11 is 3.13. The van der Waals surface area contributed by atoms with Crippen molar-refractivity contribution in [2.24, 2.45) is 0 Å². The van der Waals surface area contributed by atoms with E-state index in [2.05, 4.69) is 0 Å². The predicted molar refractivity (Wildman–Crippen MR) is 42.5 cm³/mol. The van der Waals surface area contributed by atoms with Crippen LogP contribution < -0.4 is 0 Å². The van der Waals surface area contributed by atoms with Gasteiger partial charge in [0.05, 0.1) is 0 Å². The number of rotatable bonds is 2. The zero-order valence-electron chi connectivity index (χ0n) is 5.62. The molecule has 0 amide bonds. The van der Waals surface area contributed by atoms with E-state index in [1.54, 1.807) is 0 Å². The van der Waals surface area contributed by atoms with Crippen molar-refractivity contribution in [3.05, 3.63) is 0 Å². The van der Waals surface area contributed by atoms with Crippen LogP contribution in [-0.4, -0.2) is 61.2 Å². The molecule has 0 aromatic carbocycles. The Morgan fingerprint density at radius 1 is 1.36 bits per heavy atom. The summed E-state index contributed by atoms with van der Waals surface area (Å²) in [5, 5.41) is 26.9. The van der Waals surface area contributed by atoms with Gasteiger partial charge >= 0.3 is 76.7 Å². The van der Waals surface area contributed by atoms with Crippen molar-refractivity contribution >= 4 is 28.1 Å². The van der Waals surface area contributed by atoms with E-state index in [0.717, 1.165) is 0 Å². The number of hydrogen-bond donors (Lipinski definition) is 3. The van der Waals surface area contributed by atoms with E-state index in [-0.39, 0.29) is 11.9 Å². The standard InChI is InChI=1S/C5H10O4SSe/c6-1-2-3(7)4(8)5(9-11)10-2/h2-8,11H,1H2/t2-,3-,4-,5-/m0/s1. The Hall–Kier alpha value is 0.709. The zero-order chi connectivity index (χ0) is 8.43. The second kappa shape index (κ2) is 4.09. The van der Waals surface area contributed by atoms with Crippen LogP contribution in [0, 0.1) is 0 Å². The van der Waals surface area contributed by atoms with Gasteiger partial charge in [-0.15, -0.1) is 0 Å². The summed E-state index contributed by atoms with van der Waals surface area (Å²) in [7, 11) is 0. The Morgan fingerprint density at radius 2 is 2.00 bits per heavy atom. The van der Waals surface area contributed by atoms with Gasteiger partial charge in [0.2, 0.25) is 0 Å². The second-order valence-corrected chi connectivity index (χ2v) is 4.10. The molecule has 4 atom stereocenters. The van der Waals surface area contributed by atoms with E-state index in [1.165, 1.54) is 11.8 Å². The molecule has 0 aliphatic carbocycles. The first-order valence-electron chi connectivity index (χ1n) is 3.13. The third kappa shape index (κ3) is 1.89. The van der Waals surface area contributed by atoms with Crippen LogP contribution >= 0.6 is 11.8 Å². The van der Waals surface area contributed by atoms with Gasteiger partial charge in [0.25, 0.3) is 0 Å². The fourth-order valence-electron chi connectivity index (χ4n) is 0.952. The Morgan fingerprint density at radius 3 is 2.27 bits per heavy atom. The van der Waals surface area contributed by atoms with Crippen molar-refractivity contribution in [3.63, 3.8) is 0 Å². The summed E-state index contributed by atoms with van der Waals surface area (Å²) in [6.45, 7) is -0.143. The van der Waals surface area contributed by atoms with Crippen molar-refractivity contribution < 1.29 is 19.1 Å². The van der Waals surface area contributed by atoms with Gasteiger partial charge in [-0.25, -0.2) is 0 Å². The molecule has 0 aromatic heterocycles. The van der Waals surface area contributed by atoms with Gasteiger partial charge in [-0.3, -0.25) is 0 Å². The van der Waals surface area contributed by atoms with E-state index in [0.29, 0.717) is 0 Å². The molecule has 1 rings (SSSR count). The molecule has 6 heteroatoms. The van der Waals surface area contributed by atoms with E-state index in [4.69, 9.17) is 8.93 Å². The van der Waals surface area contributed by atoms with E-state index >= 15 is 0 Å². The average molecular weight is 245 g/mol. The van der Waals surface area contributed by atoms with Crippen molar-refractivity contribution in [2.75, 3.05) is 6.61 Å². The molecule has 3 N–H and O–H groups in total. The SMILES string of the molecule is OC[C@@H]1S[C@H](O[SeH])[C@@H](O)[C@H]1O. The molecule has 66 valence electrons. The van der Waals surface area contributed by atoms with Gasteiger partial charge in [-0.1, -0.05) is 0 Å². The number of aliphatic hydroxyl groups is 3. The zero-order valence-corrected chi connectivity index (χ0v) is 8.31. The van der Waals surface area contributed by atoms with Crippen LogP contribution in [0.5, 0.6) is 0 Å². The molecule has 0 bridgehead atoms. The molecule has 1 heterocycles. The van der Waals surface area contributed by atoms with Gasteiger partial charge in [-0.2, -0.15) is 0 Å². The second-order valence-electron chi connectivity index (χ2n) is 2.31. The molecule has 0 saturated carbocycles. The first-order chi connectivity index (χ1) is 5.20. The van der Waals surface area contributed by atoms with Gasteiger partial charge in [0, 0.05) is 0 Å². The Bertz CT molecular complexity index is 118. The fourth-order valence-corrected chi connectivity index (χ4v) is 2.65. The maximum absolute atomic E-state index is 9.24. The Balaban J connectivity index is 2.53. The van der Waals surface area contributed by atoms with Crippen LogP contribution in [0.3, 0.4) is 0 Å². The Kier molecular flexibility index (Phi) is 3.64. The van der Waals surface area contributed by atoms with E-state index in [1.807, 2.05) is 16.3 Å². The molecule has 1 fully saturated rings. The third-order valence-corrected chi connectivity index (χ3v) is 3.81. The molecule has 0 unspecified atom stereocenters. The van der Waals surface area contributed by atoms with Crippen LogP contribution in [0.15, 0.2) is 0 Å². The fraction of sp³-hybridized carbons (Fsp3) is 1.00. The molecular weight excluding hydrogens is 235 g/mol. The topological polar surface area (TPSA) is 69.9 Å². The van der Waals surface area contributed by atoms with Crippen molar-refractivity contribution in [2.45, 2.75) is 22.9 Å². The maximum atomic E-state index is 9.24.